The largest absolute Gasteiger partial charge is 0.490 e. The molecular weight excluding hydrogens is 325 g/mol. The highest BCUT2D eigenvalue weighted by atomic mass is 19.2. The van der Waals surface area contributed by atoms with E-state index in [0.717, 1.165) is 14.0 Å². The maximum Gasteiger partial charge on any atom is 0.311 e. The van der Waals surface area contributed by atoms with Crippen molar-refractivity contribution in [3.05, 3.63) is 56.9 Å². The fourth-order valence-corrected chi connectivity index (χ4v) is 2.03. The minimum Gasteiger partial charge on any atom is -0.490 e. The summed E-state index contributed by atoms with van der Waals surface area (Å²) in [5.41, 5.74) is -3.82. The third kappa shape index (κ3) is 2.58. The van der Waals surface area contributed by atoms with Gasteiger partial charge < -0.3 is 4.74 Å². The summed E-state index contributed by atoms with van der Waals surface area (Å²) in [6.07, 6.45) is 0. The Morgan fingerprint density at radius 1 is 1.00 bits per heavy atom. The molecule has 2 aromatic rings. The van der Waals surface area contributed by atoms with Gasteiger partial charge in [0.15, 0.2) is 23.2 Å². The zero-order valence-corrected chi connectivity index (χ0v) is 11.7. The number of nitro benzene ring substituents is 1. The SMILES string of the molecule is COc1cc(F)c(-c2c(F)c(C)c(F)c(F)c2F)cc1[N+](=O)[O-]. The van der Waals surface area contributed by atoms with Crippen molar-refractivity contribution in [3.8, 4) is 16.9 Å². The monoisotopic (exact) mass is 333 g/mol. The van der Waals surface area contributed by atoms with E-state index in [-0.39, 0.29) is 0 Å². The van der Waals surface area contributed by atoms with Crippen LogP contribution in [-0.2, 0) is 0 Å². The van der Waals surface area contributed by atoms with E-state index in [1.807, 2.05) is 0 Å². The lowest BCUT2D eigenvalue weighted by Crippen LogP contribution is -2.05. The second kappa shape index (κ2) is 5.82. The molecule has 2 aromatic carbocycles. The van der Waals surface area contributed by atoms with Crippen molar-refractivity contribution in [1.29, 1.82) is 0 Å². The van der Waals surface area contributed by atoms with Crippen molar-refractivity contribution in [2.75, 3.05) is 7.11 Å². The highest BCUT2D eigenvalue weighted by molar-refractivity contribution is 5.71. The molecule has 2 rings (SSSR count). The van der Waals surface area contributed by atoms with Crippen LogP contribution in [0.1, 0.15) is 5.56 Å². The Morgan fingerprint density at radius 2 is 1.61 bits per heavy atom. The molecule has 0 atom stereocenters. The van der Waals surface area contributed by atoms with Gasteiger partial charge in [0.2, 0.25) is 0 Å². The molecule has 0 saturated carbocycles. The first-order valence-corrected chi connectivity index (χ1v) is 6.05. The zero-order chi connectivity index (χ0) is 17.5. The van der Waals surface area contributed by atoms with Gasteiger partial charge in [0, 0.05) is 23.3 Å². The molecule has 9 heteroatoms. The van der Waals surface area contributed by atoms with Crippen LogP contribution >= 0.6 is 0 Å². The van der Waals surface area contributed by atoms with Crippen molar-refractivity contribution in [2.45, 2.75) is 6.92 Å². The normalized spacial score (nSPS) is 10.7. The van der Waals surface area contributed by atoms with Crippen LogP contribution in [0.2, 0.25) is 0 Å². The fourth-order valence-electron chi connectivity index (χ4n) is 2.03. The molecule has 4 nitrogen and oxygen atoms in total. The van der Waals surface area contributed by atoms with Crippen molar-refractivity contribution >= 4 is 5.69 Å². The quantitative estimate of drug-likeness (QED) is 0.277. The first-order chi connectivity index (χ1) is 10.7. The molecule has 0 aliphatic rings. The molecule has 23 heavy (non-hydrogen) atoms. The Bertz CT molecular complexity index is 794. The van der Waals surface area contributed by atoms with E-state index in [9.17, 15) is 32.1 Å². The predicted molar refractivity (Wildman–Crippen MR) is 69.6 cm³/mol. The van der Waals surface area contributed by atoms with Gasteiger partial charge in [0.05, 0.1) is 17.6 Å². The highest BCUT2D eigenvalue weighted by Gasteiger charge is 2.28. The van der Waals surface area contributed by atoms with E-state index in [1.54, 1.807) is 0 Å². The van der Waals surface area contributed by atoms with Crippen LogP contribution in [0.3, 0.4) is 0 Å². The van der Waals surface area contributed by atoms with Crippen LogP contribution in [0.4, 0.5) is 27.6 Å². The molecule has 0 aliphatic carbocycles. The van der Waals surface area contributed by atoms with Crippen LogP contribution in [0.15, 0.2) is 12.1 Å². The molecule has 0 bridgehead atoms. The maximum absolute atomic E-state index is 14.1. The fraction of sp³-hybridized carbons (Fsp3) is 0.143. The molecule has 0 aliphatic heterocycles. The molecule has 0 aromatic heterocycles. The summed E-state index contributed by atoms with van der Waals surface area (Å²) >= 11 is 0. The van der Waals surface area contributed by atoms with Crippen LogP contribution < -0.4 is 4.74 Å². The second-order valence-corrected chi connectivity index (χ2v) is 4.52. The first kappa shape index (κ1) is 16.7. The van der Waals surface area contributed by atoms with Crippen molar-refractivity contribution in [3.63, 3.8) is 0 Å². The smallest absolute Gasteiger partial charge is 0.311 e. The Morgan fingerprint density at radius 3 is 2.13 bits per heavy atom. The standard InChI is InChI=1S/C14H8F5NO3/c1-5-11(16)10(13(18)14(19)12(5)17)6-3-8(20(21)22)9(23-2)4-7(6)15/h3-4H,1-2H3. The summed E-state index contributed by atoms with van der Waals surface area (Å²) in [6.45, 7) is 0.826. The lowest BCUT2D eigenvalue weighted by molar-refractivity contribution is -0.385. The summed E-state index contributed by atoms with van der Waals surface area (Å²) in [7, 11) is 1.03. The molecule has 0 saturated heterocycles. The molecule has 0 amide bonds. The number of halogens is 5. The Hall–Kier alpha value is -2.71. The van der Waals surface area contributed by atoms with Gasteiger partial charge in [-0.1, -0.05) is 0 Å². The van der Waals surface area contributed by atoms with Crippen LogP contribution in [0, 0.1) is 46.1 Å². The summed E-state index contributed by atoms with van der Waals surface area (Å²) in [5.74, 6) is -9.08. The number of hydrogen-bond acceptors (Lipinski definition) is 3. The van der Waals surface area contributed by atoms with Gasteiger partial charge in [-0.25, -0.2) is 22.0 Å². The van der Waals surface area contributed by atoms with E-state index < -0.39 is 62.1 Å². The van der Waals surface area contributed by atoms with Crippen molar-refractivity contribution < 1.29 is 31.6 Å². The summed E-state index contributed by atoms with van der Waals surface area (Å²) in [5, 5.41) is 10.9. The lowest BCUT2D eigenvalue weighted by Gasteiger charge is -2.12. The van der Waals surface area contributed by atoms with Gasteiger partial charge in [0.25, 0.3) is 0 Å². The average Bonchev–Trinajstić information content (AvgIpc) is 2.51. The van der Waals surface area contributed by atoms with Gasteiger partial charge in [-0.3, -0.25) is 10.1 Å². The van der Waals surface area contributed by atoms with Crippen LogP contribution in [-0.4, -0.2) is 12.0 Å². The third-order valence-corrected chi connectivity index (χ3v) is 3.22. The molecule has 0 N–H and O–H groups in total. The average molecular weight is 333 g/mol. The van der Waals surface area contributed by atoms with E-state index >= 15 is 0 Å². The molecule has 0 radical (unpaired) electrons. The number of nitro groups is 1. The molecule has 0 heterocycles. The second-order valence-electron chi connectivity index (χ2n) is 4.52. The van der Waals surface area contributed by atoms with E-state index in [1.165, 1.54) is 0 Å². The molecule has 0 fully saturated rings. The van der Waals surface area contributed by atoms with Crippen LogP contribution in [0.5, 0.6) is 5.75 Å². The molecular formula is C14H8F5NO3. The Kier molecular flexibility index (Phi) is 4.22. The Labute approximate surface area is 126 Å². The highest BCUT2D eigenvalue weighted by Crippen LogP contribution is 2.38. The topological polar surface area (TPSA) is 52.4 Å². The van der Waals surface area contributed by atoms with Gasteiger partial charge in [-0.2, -0.15) is 0 Å². The van der Waals surface area contributed by atoms with Gasteiger partial charge in [-0.05, 0) is 6.92 Å². The van der Waals surface area contributed by atoms with Gasteiger partial charge in [-0.15, -0.1) is 0 Å². The summed E-state index contributed by atoms with van der Waals surface area (Å²) in [6, 6.07) is 1.02. The summed E-state index contributed by atoms with van der Waals surface area (Å²) in [4.78, 5) is 9.95. The number of benzene rings is 2. The van der Waals surface area contributed by atoms with Crippen molar-refractivity contribution in [2.24, 2.45) is 0 Å². The zero-order valence-electron chi connectivity index (χ0n) is 11.7. The third-order valence-electron chi connectivity index (χ3n) is 3.22. The van der Waals surface area contributed by atoms with Crippen LogP contribution in [0.25, 0.3) is 11.1 Å². The molecule has 122 valence electrons. The number of nitrogens with zero attached hydrogens (tertiary/aromatic N) is 1. The lowest BCUT2D eigenvalue weighted by atomic mass is 9.99. The number of ether oxygens (including phenoxy) is 1. The number of methoxy groups -OCH3 is 1. The van der Waals surface area contributed by atoms with Gasteiger partial charge in [0.1, 0.15) is 11.6 Å². The van der Waals surface area contributed by atoms with Crippen molar-refractivity contribution in [1.82, 2.24) is 0 Å². The molecule has 0 unspecified atom stereocenters. The number of rotatable bonds is 3. The minimum atomic E-state index is -2.00. The molecule has 0 spiro atoms. The summed E-state index contributed by atoms with van der Waals surface area (Å²) < 4.78 is 73.3. The van der Waals surface area contributed by atoms with E-state index in [0.29, 0.717) is 12.1 Å². The van der Waals surface area contributed by atoms with E-state index in [4.69, 9.17) is 0 Å². The number of hydrogen-bond donors (Lipinski definition) is 0. The Balaban J connectivity index is 2.88. The van der Waals surface area contributed by atoms with E-state index in [2.05, 4.69) is 4.74 Å². The first-order valence-electron chi connectivity index (χ1n) is 6.05. The minimum absolute atomic E-state index is 0.489. The predicted octanol–water partition coefficient (Wildman–Crippen LogP) is 4.27. The maximum atomic E-state index is 14.1. The van der Waals surface area contributed by atoms with Gasteiger partial charge >= 0.3 is 5.69 Å².